The molecule has 1 amide bonds. The van der Waals surface area contributed by atoms with E-state index in [1.807, 2.05) is 18.2 Å². The van der Waals surface area contributed by atoms with Gasteiger partial charge in [-0.2, -0.15) is 0 Å². The van der Waals surface area contributed by atoms with Gasteiger partial charge in [-0.1, -0.05) is 35.5 Å². The van der Waals surface area contributed by atoms with Gasteiger partial charge in [-0.25, -0.2) is 4.98 Å². The zero-order valence-electron chi connectivity index (χ0n) is 15.6. The van der Waals surface area contributed by atoms with Crippen molar-refractivity contribution in [3.63, 3.8) is 0 Å². The number of rotatable bonds is 6. The SMILES string of the molecule is O=C(CSc1nc2ccccc2c(=O)n1CC1CCCO1)Nc1ccc(Cl)cc1. The minimum Gasteiger partial charge on any atom is -0.376 e. The number of benzene rings is 2. The van der Waals surface area contributed by atoms with E-state index in [0.29, 0.717) is 39.9 Å². The van der Waals surface area contributed by atoms with Gasteiger partial charge in [-0.05, 0) is 49.2 Å². The minimum absolute atomic E-state index is 0.00194. The third-order valence-corrected chi connectivity index (χ3v) is 5.93. The van der Waals surface area contributed by atoms with E-state index in [2.05, 4.69) is 10.3 Å². The molecule has 2 heterocycles. The molecule has 1 saturated heterocycles. The number of aromatic nitrogens is 2. The molecular formula is C21H20ClN3O3S. The second-order valence-corrected chi connectivity index (χ2v) is 8.18. The van der Waals surface area contributed by atoms with E-state index in [4.69, 9.17) is 16.3 Å². The number of halogens is 1. The molecule has 0 saturated carbocycles. The molecule has 2 aromatic carbocycles. The van der Waals surface area contributed by atoms with Crippen LogP contribution in [0.1, 0.15) is 12.8 Å². The van der Waals surface area contributed by atoms with Crippen LogP contribution < -0.4 is 10.9 Å². The maximum absolute atomic E-state index is 13.0. The Bertz CT molecular complexity index is 1080. The van der Waals surface area contributed by atoms with Crippen LogP contribution in [0, 0.1) is 0 Å². The number of nitrogens with zero attached hydrogens (tertiary/aromatic N) is 2. The Hall–Kier alpha value is -2.35. The van der Waals surface area contributed by atoms with Gasteiger partial charge in [-0.15, -0.1) is 0 Å². The lowest BCUT2D eigenvalue weighted by atomic mass is 10.2. The third-order valence-electron chi connectivity index (χ3n) is 4.70. The summed E-state index contributed by atoms with van der Waals surface area (Å²) in [7, 11) is 0. The van der Waals surface area contributed by atoms with Crippen LogP contribution in [0.4, 0.5) is 5.69 Å². The summed E-state index contributed by atoms with van der Waals surface area (Å²) in [6.07, 6.45) is 1.91. The first kappa shape index (κ1) is 19.9. The van der Waals surface area contributed by atoms with Crippen LogP contribution in [0.2, 0.25) is 5.02 Å². The largest absolute Gasteiger partial charge is 0.376 e. The Morgan fingerprint density at radius 1 is 1.24 bits per heavy atom. The fraction of sp³-hybridized carbons (Fsp3) is 0.286. The topological polar surface area (TPSA) is 73.2 Å². The third kappa shape index (κ3) is 4.80. The normalized spacial score (nSPS) is 16.2. The molecule has 0 spiro atoms. The quantitative estimate of drug-likeness (QED) is 0.474. The number of hydrogen-bond donors (Lipinski definition) is 1. The Kier molecular flexibility index (Phi) is 6.18. The van der Waals surface area contributed by atoms with Crippen LogP contribution in [0.5, 0.6) is 0 Å². The smallest absolute Gasteiger partial charge is 0.262 e. The van der Waals surface area contributed by atoms with E-state index in [0.717, 1.165) is 12.8 Å². The van der Waals surface area contributed by atoms with Crippen molar-refractivity contribution in [3.05, 3.63) is 63.9 Å². The first-order valence-electron chi connectivity index (χ1n) is 9.39. The average molecular weight is 430 g/mol. The van der Waals surface area contributed by atoms with E-state index in [1.54, 1.807) is 34.9 Å². The predicted octanol–water partition coefficient (Wildman–Crippen LogP) is 3.96. The minimum atomic E-state index is -0.177. The highest BCUT2D eigenvalue weighted by atomic mass is 35.5. The molecule has 6 nitrogen and oxygen atoms in total. The number of hydrogen-bond acceptors (Lipinski definition) is 5. The highest BCUT2D eigenvalue weighted by Crippen LogP contribution is 2.21. The van der Waals surface area contributed by atoms with Crippen LogP contribution >= 0.6 is 23.4 Å². The summed E-state index contributed by atoms with van der Waals surface area (Å²) in [5.74, 6) is -0.0396. The van der Waals surface area contributed by atoms with Crippen LogP contribution in [-0.4, -0.2) is 33.9 Å². The van der Waals surface area contributed by atoms with Crippen molar-refractivity contribution in [1.82, 2.24) is 9.55 Å². The summed E-state index contributed by atoms with van der Waals surface area (Å²) in [5.41, 5.74) is 1.19. The highest BCUT2D eigenvalue weighted by Gasteiger charge is 2.20. The Labute approximate surface area is 177 Å². The van der Waals surface area contributed by atoms with Crippen molar-refractivity contribution in [1.29, 1.82) is 0 Å². The van der Waals surface area contributed by atoms with E-state index < -0.39 is 0 Å². The van der Waals surface area contributed by atoms with Gasteiger partial charge in [0.05, 0.1) is 29.3 Å². The molecule has 0 bridgehead atoms. The summed E-state index contributed by atoms with van der Waals surface area (Å²) in [4.78, 5) is 30.1. The summed E-state index contributed by atoms with van der Waals surface area (Å²) in [5, 5.41) is 4.53. The molecule has 1 unspecified atom stereocenters. The fourth-order valence-electron chi connectivity index (χ4n) is 3.27. The second-order valence-electron chi connectivity index (χ2n) is 6.81. The Morgan fingerprint density at radius 2 is 2.03 bits per heavy atom. The molecule has 0 radical (unpaired) electrons. The molecule has 1 aliphatic heterocycles. The monoisotopic (exact) mass is 429 g/mol. The van der Waals surface area contributed by atoms with Gasteiger partial charge < -0.3 is 10.1 Å². The molecule has 1 atom stereocenters. The van der Waals surface area contributed by atoms with Crippen LogP contribution in [0.25, 0.3) is 10.9 Å². The van der Waals surface area contributed by atoms with E-state index >= 15 is 0 Å². The van der Waals surface area contributed by atoms with E-state index in [1.165, 1.54) is 11.8 Å². The Morgan fingerprint density at radius 3 is 2.79 bits per heavy atom. The second kappa shape index (κ2) is 8.98. The zero-order valence-corrected chi connectivity index (χ0v) is 17.2. The van der Waals surface area contributed by atoms with Crippen molar-refractivity contribution in [2.75, 3.05) is 17.7 Å². The lowest BCUT2D eigenvalue weighted by Crippen LogP contribution is -2.29. The maximum Gasteiger partial charge on any atom is 0.262 e. The molecule has 0 aliphatic carbocycles. The number of anilines is 1. The van der Waals surface area contributed by atoms with Gasteiger partial charge in [0.15, 0.2) is 5.16 Å². The van der Waals surface area contributed by atoms with E-state index in [-0.39, 0.29) is 23.3 Å². The van der Waals surface area contributed by atoms with Gasteiger partial charge in [0.1, 0.15) is 0 Å². The number of amides is 1. The molecule has 1 N–H and O–H groups in total. The molecule has 8 heteroatoms. The predicted molar refractivity (Wildman–Crippen MR) is 116 cm³/mol. The van der Waals surface area contributed by atoms with Crippen molar-refractivity contribution in [2.45, 2.75) is 30.6 Å². The summed E-state index contributed by atoms with van der Waals surface area (Å²) >= 11 is 7.12. The summed E-state index contributed by atoms with van der Waals surface area (Å²) in [6.45, 7) is 1.16. The summed E-state index contributed by atoms with van der Waals surface area (Å²) in [6, 6.07) is 14.2. The molecule has 4 rings (SSSR count). The van der Waals surface area contributed by atoms with Crippen LogP contribution in [0.3, 0.4) is 0 Å². The van der Waals surface area contributed by atoms with Crippen LogP contribution in [-0.2, 0) is 16.1 Å². The first-order valence-corrected chi connectivity index (χ1v) is 10.8. The van der Waals surface area contributed by atoms with Gasteiger partial charge in [-0.3, -0.25) is 14.2 Å². The van der Waals surface area contributed by atoms with Gasteiger partial charge in [0.25, 0.3) is 5.56 Å². The first-order chi connectivity index (χ1) is 14.1. The molecule has 3 aromatic rings. The number of para-hydroxylation sites is 1. The highest BCUT2D eigenvalue weighted by molar-refractivity contribution is 7.99. The molecule has 1 aliphatic rings. The zero-order chi connectivity index (χ0) is 20.2. The number of carbonyl (C=O) groups is 1. The number of carbonyl (C=O) groups excluding carboxylic acids is 1. The average Bonchev–Trinajstić information content (AvgIpc) is 3.24. The lowest BCUT2D eigenvalue weighted by molar-refractivity contribution is -0.113. The van der Waals surface area contributed by atoms with Crippen LogP contribution in [0.15, 0.2) is 58.5 Å². The Balaban J connectivity index is 1.55. The molecule has 1 fully saturated rings. The van der Waals surface area contributed by atoms with Gasteiger partial charge in [0.2, 0.25) is 5.91 Å². The van der Waals surface area contributed by atoms with Crippen molar-refractivity contribution in [2.24, 2.45) is 0 Å². The molecule has 29 heavy (non-hydrogen) atoms. The molecular weight excluding hydrogens is 410 g/mol. The van der Waals surface area contributed by atoms with Crippen molar-refractivity contribution in [3.8, 4) is 0 Å². The van der Waals surface area contributed by atoms with Crippen molar-refractivity contribution >= 4 is 45.9 Å². The number of thioether (sulfide) groups is 1. The van der Waals surface area contributed by atoms with E-state index in [9.17, 15) is 9.59 Å². The maximum atomic E-state index is 13.0. The van der Waals surface area contributed by atoms with Gasteiger partial charge >= 0.3 is 0 Å². The van der Waals surface area contributed by atoms with Crippen molar-refractivity contribution < 1.29 is 9.53 Å². The number of ether oxygens (including phenoxy) is 1. The number of nitrogens with one attached hydrogen (secondary N) is 1. The molecule has 1 aromatic heterocycles. The summed E-state index contributed by atoms with van der Waals surface area (Å²) < 4.78 is 7.34. The van der Waals surface area contributed by atoms with Gasteiger partial charge in [0, 0.05) is 17.3 Å². The fourth-order valence-corrected chi connectivity index (χ4v) is 4.21. The lowest BCUT2D eigenvalue weighted by Gasteiger charge is -2.16. The number of fused-ring (bicyclic) bond motifs is 1. The molecule has 150 valence electrons. The standard InChI is InChI=1S/C21H20ClN3O3S/c22-14-7-9-15(10-8-14)23-19(26)13-29-21-24-18-6-2-1-5-17(18)20(27)25(21)12-16-4-3-11-28-16/h1-2,5-10,16H,3-4,11-13H2,(H,23,26).